The molecule has 1 atom stereocenters. The largest absolute Gasteiger partial charge is 0.347 e. The van der Waals surface area contributed by atoms with Gasteiger partial charge in [-0.05, 0) is 36.8 Å². The lowest BCUT2D eigenvalue weighted by Gasteiger charge is -2.15. The molecule has 0 aliphatic carbocycles. The summed E-state index contributed by atoms with van der Waals surface area (Å²) in [4.78, 5) is 16.1. The molecule has 0 spiro atoms. The van der Waals surface area contributed by atoms with Gasteiger partial charge in [0.25, 0.3) is 0 Å². The van der Waals surface area contributed by atoms with E-state index in [4.69, 9.17) is 16.6 Å². The number of halogens is 1. The van der Waals surface area contributed by atoms with Crippen molar-refractivity contribution in [1.29, 1.82) is 0 Å². The first-order valence-corrected chi connectivity index (χ1v) is 7.89. The number of rotatable bonds is 4. The van der Waals surface area contributed by atoms with Crippen LogP contribution in [0.2, 0.25) is 5.02 Å². The molecule has 1 N–H and O–H groups in total. The number of imidazole rings is 1. The van der Waals surface area contributed by atoms with Crippen molar-refractivity contribution < 1.29 is 4.79 Å². The summed E-state index contributed by atoms with van der Waals surface area (Å²) >= 11 is 5.96. The topological polar surface area (TPSA) is 46.9 Å². The van der Waals surface area contributed by atoms with Gasteiger partial charge in [0.2, 0.25) is 5.91 Å². The van der Waals surface area contributed by atoms with Crippen molar-refractivity contribution in [2.45, 2.75) is 26.4 Å². The molecule has 1 aromatic heterocycles. The summed E-state index contributed by atoms with van der Waals surface area (Å²) in [5.41, 5.74) is 3.11. The molecule has 1 heterocycles. The molecule has 23 heavy (non-hydrogen) atoms. The third kappa shape index (κ3) is 3.37. The Labute approximate surface area is 140 Å². The molecule has 0 aliphatic heterocycles. The molecule has 0 bridgehead atoms. The number of nitrogens with one attached hydrogen (secondary N) is 1. The summed E-state index contributed by atoms with van der Waals surface area (Å²) in [6.07, 6.45) is 0. The number of hydrogen-bond donors (Lipinski definition) is 1. The molecular weight excluding hydrogens is 310 g/mol. The zero-order valence-corrected chi connectivity index (χ0v) is 13.8. The van der Waals surface area contributed by atoms with Crippen molar-refractivity contribution in [2.24, 2.45) is 0 Å². The molecule has 0 aliphatic rings. The van der Waals surface area contributed by atoms with E-state index in [1.54, 1.807) is 0 Å². The maximum absolute atomic E-state index is 11.4. The van der Waals surface area contributed by atoms with Gasteiger partial charge >= 0.3 is 0 Å². The van der Waals surface area contributed by atoms with Crippen LogP contribution in [-0.4, -0.2) is 15.5 Å². The highest BCUT2D eigenvalue weighted by atomic mass is 35.5. The third-order valence-electron chi connectivity index (χ3n) is 3.75. The van der Waals surface area contributed by atoms with E-state index in [1.165, 1.54) is 6.92 Å². The van der Waals surface area contributed by atoms with Crippen LogP contribution in [0.4, 0.5) is 0 Å². The van der Waals surface area contributed by atoms with Crippen LogP contribution in [-0.2, 0) is 11.3 Å². The van der Waals surface area contributed by atoms with E-state index >= 15 is 0 Å². The van der Waals surface area contributed by atoms with E-state index in [2.05, 4.69) is 9.88 Å². The lowest BCUT2D eigenvalue weighted by Crippen LogP contribution is -2.26. The van der Waals surface area contributed by atoms with Gasteiger partial charge in [0, 0.05) is 18.5 Å². The van der Waals surface area contributed by atoms with Crippen LogP contribution in [0.15, 0.2) is 48.5 Å². The van der Waals surface area contributed by atoms with Gasteiger partial charge in [-0.1, -0.05) is 35.9 Å². The van der Waals surface area contributed by atoms with E-state index in [1.807, 2.05) is 55.5 Å². The number of amides is 1. The second-order valence-electron chi connectivity index (χ2n) is 5.59. The van der Waals surface area contributed by atoms with Crippen LogP contribution in [0.3, 0.4) is 0 Å². The Bertz CT molecular complexity index is 839. The van der Waals surface area contributed by atoms with E-state index < -0.39 is 0 Å². The fraction of sp³-hybridized carbons (Fsp3) is 0.222. The van der Waals surface area contributed by atoms with Crippen molar-refractivity contribution in [3.8, 4) is 0 Å². The molecule has 4 nitrogen and oxygen atoms in total. The minimum atomic E-state index is -0.160. The van der Waals surface area contributed by atoms with Crippen molar-refractivity contribution in [3.05, 3.63) is 64.9 Å². The summed E-state index contributed by atoms with van der Waals surface area (Å²) in [7, 11) is 0. The molecule has 0 radical (unpaired) electrons. The summed E-state index contributed by atoms with van der Waals surface area (Å²) in [6.45, 7) is 4.14. The minimum Gasteiger partial charge on any atom is -0.347 e. The van der Waals surface area contributed by atoms with Crippen molar-refractivity contribution >= 4 is 28.5 Å². The lowest BCUT2D eigenvalue weighted by molar-refractivity contribution is -0.119. The van der Waals surface area contributed by atoms with Gasteiger partial charge in [0.1, 0.15) is 5.82 Å². The Morgan fingerprint density at radius 1 is 1.22 bits per heavy atom. The molecule has 0 saturated carbocycles. The zero-order valence-electron chi connectivity index (χ0n) is 13.1. The normalized spacial score (nSPS) is 12.3. The van der Waals surface area contributed by atoms with Gasteiger partial charge < -0.3 is 9.88 Å². The predicted octanol–water partition coefficient (Wildman–Crippen LogP) is 3.94. The highest BCUT2D eigenvalue weighted by Gasteiger charge is 2.17. The van der Waals surface area contributed by atoms with Crippen LogP contribution < -0.4 is 5.32 Å². The number of carbonyl (C=O) groups excluding carboxylic acids is 1. The van der Waals surface area contributed by atoms with Gasteiger partial charge in [-0.25, -0.2) is 4.98 Å². The van der Waals surface area contributed by atoms with Crippen LogP contribution in [0, 0.1) is 0 Å². The lowest BCUT2D eigenvalue weighted by atomic mass is 10.2. The molecular formula is C18H18ClN3O. The molecule has 3 aromatic rings. The molecule has 5 heteroatoms. The van der Waals surface area contributed by atoms with Crippen LogP contribution in [0.1, 0.15) is 31.3 Å². The number of carbonyl (C=O) groups is 1. The summed E-state index contributed by atoms with van der Waals surface area (Å²) in [5.74, 6) is 0.777. The average Bonchev–Trinajstić information content (AvgIpc) is 2.88. The summed E-state index contributed by atoms with van der Waals surface area (Å²) < 4.78 is 2.14. The number of para-hydroxylation sites is 2. The Balaban J connectivity index is 2.05. The van der Waals surface area contributed by atoms with Crippen LogP contribution in [0.5, 0.6) is 0 Å². The smallest absolute Gasteiger partial charge is 0.217 e. The SMILES string of the molecule is CC(=O)N[C@@H](C)c1nc2ccccc2n1Cc1ccc(Cl)cc1. The Hall–Kier alpha value is -2.33. The highest BCUT2D eigenvalue weighted by Crippen LogP contribution is 2.22. The molecule has 0 fully saturated rings. The number of benzene rings is 2. The number of aromatic nitrogens is 2. The number of fused-ring (bicyclic) bond motifs is 1. The maximum atomic E-state index is 11.4. The first kappa shape index (κ1) is 15.6. The second kappa shape index (κ2) is 6.42. The third-order valence-corrected chi connectivity index (χ3v) is 4.00. The van der Waals surface area contributed by atoms with Crippen molar-refractivity contribution in [2.75, 3.05) is 0 Å². The molecule has 0 unspecified atom stereocenters. The first-order chi connectivity index (χ1) is 11.0. The first-order valence-electron chi connectivity index (χ1n) is 7.51. The van der Waals surface area contributed by atoms with E-state index in [0.717, 1.165) is 27.4 Å². The second-order valence-corrected chi connectivity index (χ2v) is 6.03. The molecule has 118 valence electrons. The molecule has 3 rings (SSSR count). The van der Waals surface area contributed by atoms with Crippen molar-refractivity contribution in [1.82, 2.24) is 14.9 Å². The molecule has 0 saturated heterocycles. The highest BCUT2D eigenvalue weighted by molar-refractivity contribution is 6.30. The number of hydrogen-bond acceptors (Lipinski definition) is 2. The van der Waals surface area contributed by atoms with Gasteiger partial charge in [-0.15, -0.1) is 0 Å². The average molecular weight is 328 g/mol. The van der Waals surface area contributed by atoms with E-state index in [9.17, 15) is 4.79 Å². The fourth-order valence-electron chi connectivity index (χ4n) is 2.73. The van der Waals surface area contributed by atoms with E-state index in [-0.39, 0.29) is 11.9 Å². The van der Waals surface area contributed by atoms with E-state index in [0.29, 0.717) is 6.54 Å². The maximum Gasteiger partial charge on any atom is 0.217 e. The monoisotopic (exact) mass is 327 g/mol. The van der Waals surface area contributed by atoms with Gasteiger partial charge in [-0.2, -0.15) is 0 Å². The predicted molar refractivity (Wildman–Crippen MR) is 92.5 cm³/mol. The fourth-order valence-corrected chi connectivity index (χ4v) is 2.86. The minimum absolute atomic E-state index is 0.0670. The zero-order chi connectivity index (χ0) is 16.4. The van der Waals surface area contributed by atoms with Gasteiger partial charge in [0.05, 0.1) is 17.1 Å². The standard InChI is InChI=1S/C18H18ClN3O/c1-12(20-13(2)23)18-21-16-5-3-4-6-17(16)22(18)11-14-7-9-15(19)10-8-14/h3-10,12H,11H2,1-2H3,(H,20,23)/t12-/m0/s1. The van der Waals surface area contributed by atoms with Gasteiger partial charge in [-0.3, -0.25) is 4.79 Å². The van der Waals surface area contributed by atoms with Gasteiger partial charge in [0.15, 0.2) is 0 Å². The van der Waals surface area contributed by atoms with Crippen LogP contribution >= 0.6 is 11.6 Å². The molecule has 2 aromatic carbocycles. The Morgan fingerprint density at radius 3 is 2.61 bits per heavy atom. The Kier molecular flexibility index (Phi) is 4.35. The van der Waals surface area contributed by atoms with Crippen LogP contribution in [0.25, 0.3) is 11.0 Å². The summed E-state index contributed by atoms with van der Waals surface area (Å²) in [5, 5.41) is 3.63. The molecule has 1 amide bonds. The quantitative estimate of drug-likeness (QED) is 0.789. The number of nitrogens with zero attached hydrogens (tertiary/aromatic N) is 2. The van der Waals surface area contributed by atoms with Crippen molar-refractivity contribution in [3.63, 3.8) is 0 Å². The Morgan fingerprint density at radius 2 is 1.91 bits per heavy atom. The summed E-state index contributed by atoms with van der Waals surface area (Å²) in [6, 6.07) is 15.6.